The Morgan fingerprint density at radius 2 is 0.841 bits per heavy atom. The van der Waals surface area contributed by atoms with Crippen LogP contribution in [0, 0.1) is 65.1 Å². The molecule has 468 valence electrons. The average Bonchev–Trinajstić information content (AvgIpc) is 3.53. The molecule has 4 saturated carbocycles. The van der Waals surface area contributed by atoms with Crippen LogP contribution in [0.15, 0.2) is 36.4 Å². The second kappa shape index (κ2) is 29.0. The number of halogens is 10. The maximum absolute atomic E-state index is 13.1. The van der Waals surface area contributed by atoms with Crippen LogP contribution >= 0.6 is 0 Å². The molecule has 0 aliphatic heterocycles. The van der Waals surface area contributed by atoms with E-state index in [4.69, 9.17) is 0 Å². The Hall–Kier alpha value is -2.54. The van der Waals surface area contributed by atoms with Crippen molar-refractivity contribution in [3.63, 3.8) is 0 Å². The second-order valence-corrected chi connectivity index (χ2v) is 28.4. The molecule has 0 aromatic heterocycles. The number of alkyl halides is 10. The van der Waals surface area contributed by atoms with Crippen LogP contribution in [0.3, 0.4) is 0 Å². The summed E-state index contributed by atoms with van der Waals surface area (Å²) in [6.45, 7) is 10.8. The molecule has 8 unspecified atom stereocenters. The molecule has 13 heteroatoms. The largest absolute Gasteiger partial charge is 0.508 e. The Morgan fingerprint density at radius 1 is 0.476 bits per heavy atom. The first kappa shape index (κ1) is 67.0. The second-order valence-electron chi connectivity index (χ2n) is 28.4. The number of aromatic hydroxyl groups is 1. The highest BCUT2D eigenvalue weighted by molar-refractivity contribution is 5.41. The summed E-state index contributed by atoms with van der Waals surface area (Å²) in [4.78, 5) is 0. The van der Waals surface area contributed by atoms with Crippen LogP contribution in [0.1, 0.15) is 273 Å². The molecule has 3 N–H and O–H groups in total. The molecule has 6 aliphatic carbocycles. The summed E-state index contributed by atoms with van der Waals surface area (Å²) in [6, 6.07) is 13.1. The maximum Gasteiger partial charge on any atom is 0.453 e. The number of phenols is 1. The summed E-state index contributed by atoms with van der Waals surface area (Å²) in [5, 5.41) is 31.9. The highest BCUT2D eigenvalue weighted by Gasteiger charge is 2.60. The van der Waals surface area contributed by atoms with Gasteiger partial charge in [-0.2, -0.15) is 43.9 Å². The SMILES string of the molecule is CC(CCCCCCCCC[C@@H]1Cc2cc(O)ccc2C2CC[C@@]3(C)C(CC[C@@H]3O)C21)CCCC(F)(F)C(F)(F)F.Cc1ccc2c(c1)C[C@@H](CCCCCCCCCC(C)CCCC(F)(F)C(F)(F)F)C1C2CC[C@@]2(C)C1CC[C@@H]2O. The van der Waals surface area contributed by atoms with Crippen molar-refractivity contribution in [3.05, 3.63) is 64.2 Å². The van der Waals surface area contributed by atoms with Crippen LogP contribution < -0.4 is 0 Å². The zero-order valence-electron chi connectivity index (χ0n) is 50.6. The number of phenolic OH excluding ortho intramolecular Hbond substituents is 1. The van der Waals surface area contributed by atoms with Crippen molar-refractivity contribution in [2.45, 2.75) is 301 Å². The standard InChI is InChI=1S/C35H53F5O.C34H51F5O2/c1-24(13-11-20-34(36,37)35(38,39)40)12-9-7-5-4-6-8-10-14-26-23-27-22-25(2)15-16-28(27)29-19-21-33(3)30(32(26)29)17-18-31(33)41;1-23(12-10-19-33(35,36)34(37,38)39)11-8-6-4-3-5-7-9-13-24-21-25-22-26(40)14-15-27(25)28-18-20-32(2)29(31(24)28)16-17-30(32)41/h15-16,22,24,26,29-32,41H,4-14,17-21,23H2,1-3H3;14-15,22-24,28-31,40-41H,3-13,16-21H2,1-2H3/t24?,26-,29?,30?,31+,32?,33+;23?,24-,28?,29?,30+,31?,32+/m11/s1. The first-order valence-corrected chi connectivity index (χ1v) is 32.8. The van der Waals surface area contributed by atoms with Crippen molar-refractivity contribution < 1.29 is 59.2 Å². The van der Waals surface area contributed by atoms with Gasteiger partial charge in [0, 0.05) is 12.8 Å². The number of unbranched alkanes of at least 4 members (excludes halogenated alkanes) is 12. The van der Waals surface area contributed by atoms with Gasteiger partial charge in [-0.15, -0.1) is 0 Å². The van der Waals surface area contributed by atoms with Gasteiger partial charge in [-0.1, -0.05) is 173 Å². The molecule has 4 fully saturated rings. The van der Waals surface area contributed by atoms with E-state index in [9.17, 15) is 59.2 Å². The normalized spacial score (nSPS) is 30.5. The Morgan fingerprint density at radius 3 is 1.26 bits per heavy atom. The van der Waals surface area contributed by atoms with Gasteiger partial charge in [0.1, 0.15) is 5.75 Å². The van der Waals surface area contributed by atoms with E-state index in [0.717, 1.165) is 96.3 Å². The third-order valence-corrected chi connectivity index (χ3v) is 22.6. The molecule has 6 aliphatic rings. The number of hydrogen-bond donors (Lipinski definition) is 3. The Bertz CT molecular complexity index is 2110. The lowest BCUT2D eigenvalue weighted by molar-refractivity contribution is -0.284. The van der Waals surface area contributed by atoms with Gasteiger partial charge >= 0.3 is 24.2 Å². The van der Waals surface area contributed by atoms with E-state index in [1.54, 1.807) is 11.1 Å². The lowest BCUT2D eigenvalue weighted by Gasteiger charge is -2.53. The Labute approximate surface area is 486 Å². The number of hydrogen-bond acceptors (Lipinski definition) is 3. The predicted octanol–water partition coefficient (Wildman–Crippen LogP) is 21.3. The van der Waals surface area contributed by atoms with E-state index in [1.165, 1.54) is 100 Å². The van der Waals surface area contributed by atoms with Gasteiger partial charge in [-0.3, -0.25) is 0 Å². The van der Waals surface area contributed by atoms with Crippen molar-refractivity contribution in [1.82, 2.24) is 0 Å². The maximum atomic E-state index is 13.1. The number of benzene rings is 2. The molecular weight excluding hydrogens is 1070 g/mol. The summed E-state index contributed by atoms with van der Waals surface area (Å²) in [6.07, 6.45) is 18.7. The van der Waals surface area contributed by atoms with Gasteiger partial charge in [-0.25, -0.2) is 0 Å². The van der Waals surface area contributed by atoms with Crippen LogP contribution in [-0.4, -0.2) is 51.7 Å². The molecule has 14 atom stereocenters. The first-order chi connectivity index (χ1) is 38.7. The molecule has 0 saturated heterocycles. The van der Waals surface area contributed by atoms with Crippen LogP contribution in [0.25, 0.3) is 0 Å². The van der Waals surface area contributed by atoms with Gasteiger partial charge < -0.3 is 15.3 Å². The predicted molar refractivity (Wildman–Crippen MR) is 309 cm³/mol. The molecule has 8 rings (SSSR count). The summed E-state index contributed by atoms with van der Waals surface area (Å²) >= 11 is 0. The van der Waals surface area contributed by atoms with Gasteiger partial charge in [0.15, 0.2) is 0 Å². The molecule has 0 spiro atoms. The minimum absolute atomic E-state index is 0.0412. The fourth-order valence-corrected chi connectivity index (χ4v) is 17.7. The summed E-state index contributed by atoms with van der Waals surface area (Å²) in [5.74, 6) is -3.40. The van der Waals surface area contributed by atoms with Crippen molar-refractivity contribution in [1.29, 1.82) is 0 Å². The van der Waals surface area contributed by atoms with Crippen molar-refractivity contribution in [2.75, 3.05) is 0 Å². The van der Waals surface area contributed by atoms with Crippen LogP contribution in [0.4, 0.5) is 43.9 Å². The minimum Gasteiger partial charge on any atom is -0.508 e. The fourth-order valence-electron chi connectivity index (χ4n) is 17.7. The quantitative estimate of drug-likeness (QED) is 0.0588. The number of fused-ring (bicyclic) bond motifs is 10. The highest BCUT2D eigenvalue weighted by Crippen LogP contribution is 2.64. The smallest absolute Gasteiger partial charge is 0.453 e. The topological polar surface area (TPSA) is 60.7 Å². The number of aliphatic hydroxyl groups excluding tert-OH is 2. The summed E-state index contributed by atoms with van der Waals surface area (Å²) < 4.78 is 126. The third kappa shape index (κ3) is 16.5. The first-order valence-electron chi connectivity index (χ1n) is 32.8. The third-order valence-electron chi connectivity index (χ3n) is 22.6. The fraction of sp³-hybridized carbons (Fsp3) is 0.826. The van der Waals surface area contributed by atoms with Crippen molar-refractivity contribution in [2.24, 2.45) is 58.2 Å². The summed E-state index contributed by atoms with van der Waals surface area (Å²) in [5.41, 5.74) is 7.40. The van der Waals surface area contributed by atoms with E-state index < -0.39 is 37.0 Å². The molecule has 82 heavy (non-hydrogen) atoms. The number of rotatable bonds is 28. The number of aryl methyl sites for hydroxylation is 1. The lowest BCUT2D eigenvalue weighted by atomic mass is 9.52. The van der Waals surface area contributed by atoms with Crippen molar-refractivity contribution >= 4 is 0 Å². The van der Waals surface area contributed by atoms with E-state index in [2.05, 4.69) is 45.0 Å². The Kier molecular flexibility index (Phi) is 23.7. The monoisotopic (exact) mass is 1170 g/mol. The lowest BCUT2D eigenvalue weighted by Crippen LogP contribution is -2.47. The van der Waals surface area contributed by atoms with Crippen LogP contribution in [0.5, 0.6) is 5.75 Å². The van der Waals surface area contributed by atoms with E-state index in [-0.39, 0.29) is 47.7 Å². The zero-order chi connectivity index (χ0) is 59.7. The molecule has 2 aromatic carbocycles. The molecule has 0 bridgehead atoms. The number of aliphatic hydroxyl groups is 2. The molecular formula is C69H104F10O3. The average molecular weight is 1170 g/mol. The zero-order valence-corrected chi connectivity index (χ0v) is 50.6. The van der Waals surface area contributed by atoms with Gasteiger partial charge in [-0.05, 0) is 201 Å². The molecule has 3 nitrogen and oxygen atoms in total. The van der Waals surface area contributed by atoms with Gasteiger partial charge in [0.2, 0.25) is 0 Å². The van der Waals surface area contributed by atoms with E-state index in [0.29, 0.717) is 65.9 Å². The minimum atomic E-state index is -5.44. The van der Waals surface area contributed by atoms with Crippen LogP contribution in [-0.2, 0) is 12.8 Å². The van der Waals surface area contributed by atoms with Crippen molar-refractivity contribution in [3.8, 4) is 5.75 Å². The highest BCUT2D eigenvalue weighted by atomic mass is 19.4. The van der Waals surface area contributed by atoms with Crippen LogP contribution in [0.2, 0.25) is 0 Å². The van der Waals surface area contributed by atoms with Gasteiger partial charge in [0.05, 0.1) is 12.2 Å². The van der Waals surface area contributed by atoms with E-state index >= 15 is 0 Å². The Balaban J connectivity index is 0.000000236. The summed E-state index contributed by atoms with van der Waals surface area (Å²) in [7, 11) is 0. The molecule has 0 heterocycles. The molecule has 0 radical (unpaired) electrons. The molecule has 0 amide bonds. The van der Waals surface area contributed by atoms with Gasteiger partial charge in [0.25, 0.3) is 0 Å². The van der Waals surface area contributed by atoms with E-state index in [1.807, 2.05) is 26.0 Å². The molecule has 2 aromatic rings.